The molecule has 0 saturated heterocycles. The Kier molecular flexibility index (Phi) is 2.99. The van der Waals surface area contributed by atoms with Crippen LogP contribution in [0, 0.1) is 11.8 Å². The molecular weight excluding hydrogens is 208 g/mol. The van der Waals surface area contributed by atoms with E-state index in [4.69, 9.17) is 5.11 Å². The lowest BCUT2D eigenvalue weighted by Gasteiger charge is -2.33. The summed E-state index contributed by atoms with van der Waals surface area (Å²) in [6.45, 7) is 0. The van der Waals surface area contributed by atoms with Crippen molar-refractivity contribution in [3.63, 3.8) is 0 Å². The summed E-state index contributed by atoms with van der Waals surface area (Å²) in [5, 5.41) is 18.3. The van der Waals surface area contributed by atoms with Gasteiger partial charge in [0.1, 0.15) is 0 Å². The topological polar surface area (TPSA) is 74.6 Å². The molecule has 2 unspecified atom stereocenters. The summed E-state index contributed by atoms with van der Waals surface area (Å²) in [6, 6.07) is 0. The van der Waals surface area contributed by atoms with Gasteiger partial charge in [0.2, 0.25) is 0 Å². The molecule has 4 heteroatoms. The average molecular weight is 224 g/mol. The number of hydrogen-bond acceptors (Lipinski definition) is 2. The summed E-state index contributed by atoms with van der Waals surface area (Å²) in [6.07, 6.45) is 5.10. The van der Waals surface area contributed by atoms with E-state index >= 15 is 0 Å². The van der Waals surface area contributed by atoms with Gasteiger partial charge in [0.25, 0.3) is 0 Å². The quantitative estimate of drug-likeness (QED) is 0.704. The lowest BCUT2D eigenvalue weighted by Crippen LogP contribution is -2.35. The molecule has 2 rings (SSSR count). The smallest absolute Gasteiger partial charge is 0.311 e. The van der Waals surface area contributed by atoms with Gasteiger partial charge in [-0.2, -0.15) is 0 Å². The second-order valence-corrected chi connectivity index (χ2v) is 4.64. The highest BCUT2D eigenvalue weighted by Crippen LogP contribution is 2.42. The molecule has 2 aliphatic rings. The SMILES string of the molecule is O=C(O)C1CCC2=C(CCCC2)C1C(=O)O. The van der Waals surface area contributed by atoms with E-state index in [-0.39, 0.29) is 0 Å². The van der Waals surface area contributed by atoms with E-state index in [2.05, 4.69) is 0 Å². The van der Waals surface area contributed by atoms with Crippen LogP contribution in [-0.4, -0.2) is 22.2 Å². The number of rotatable bonds is 2. The van der Waals surface area contributed by atoms with Crippen LogP contribution in [0.15, 0.2) is 11.1 Å². The Morgan fingerprint density at radius 2 is 1.69 bits per heavy atom. The van der Waals surface area contributed by atoms with Crippen molar-refractivity contribution >= 4 is 11.9 Å². The molecule has 0 aromatic heterocycles. The van der Waals surface area contributed by atoms with Gasteiger partial charge < -0.3 is 10.2 Å². The van der Waals surface area contributed by atoms with E-state index in [0.29, 0.717) is 6.42 Å². The standard InChI is InChI=1S/C12H16O4/c13-11(14)9-6-5-7-3-1-2-4-8(7)10(9)12(15)16/h9-10H,1-6H2,(H,13,14)(H,15,16). The second kappa shape index (κ2) is 4.28. The maximum atomic E-state index is 11.2. The van der Waals surface area contributed by atoms with Gasteiger partial charge in [0.05, 0.1) is 11.8 Å². The minimum atomic E-state index is -0.971. The van der Waals surface area contributed by atoms with E-state index in [1.807, 2.05) is 0 Å². The highest BCUT2D eigenvalue weighted by molar-refractivity contribution is 5.83. The molecule has 16 heavy (non-hydrogen) atoms. The van der Waals surface area contributed by atoms with E-state index in [9.17, 15) is 14.7 Å². The molecule has 0 bridgehead atoms. The van der Waals surface area contributed by atoms with Gasteiger partial charge in [-0.05, 0) is 38.5 Å². The van der Waals surface area contributed by atoms with Crippen molar-refractivity contribution in [2.45, 2.75) is 38.5 Å². The lowest BCUT2D eigenvalue weighted by atomic mass is 9.70. The van der Waals surface area contributed by atoms with E-state index < -0.39 is 23.8 Å². The first-order valence-electron chi connectivity index (χ1n) is 5.77. The van der Waals surface area contributed by atoms with Crippen molar-refractivity contribution in [2.24, 2.45) is 11.8 Å². The fourth-order valence-corrected chi connectivity index (χ4v) is 2.98. The zero-order valence-corrected chi connectivity index (χ0v) is 9.11. The third kappa shape index (κ3) is 1.84. The third-order valence-corrected chi connectivity index (χ3v) is 3.75. The van der Waals surface area contributed by atoms with Gasteiger partial charge in [-0.3, -0.25) is 9.59 Å². The summed E-state index contributed by atoms with van der Waals surface area (Å²) in [4.78, 5) is 22.3. The normalized spacial score (nSPS) is 29.8. The molecule has 0 aromatic rings. The Hall–Kier alpha value is -1.32. The number of carbonyl (C=O) groups is 2. The molecule has 88 valence electrons. The zero-order chi connectivity index (χ0) is 11.7. The molecule has 4 nitrogen and oxygen atoms in total. The monoisotopic (exact) mass is 224 g/mol. The number of allylic oxidation sites excluding steroid dienone is 1. The molecule has 0 amide bonds. The summed E-state index contributed by atoms with van der Waals surface area (Å²) in [5.41, 5.74) is 2.13. The van der Waals surface area contributed by atoms with Gasteiger partial charge in [0, 0.05) is 0 Å². The summed E-state index contributed by atoms with van der Waals surface area (Å²) >= 11 is 0. The minimum absolute atomic E-state index is 0.477. The Morgan fingerprint density at radius 3 is 2.31 bits per heavy atom. The fraction of sp³-hybridized carbons (Fsp3) is 0.667. The van der Waals surface area contributed by atoms with Crippen LogP contribution < -0.4 is 0 Å². The van der Waals surface area contributed by atoms with Gasteiger partial charge >= 0.3 is 11.9 Å². The molecule has 0 saturated carbocycles. The van der Waals surface area contributed by atoms with E-state index in [1.165, 1.54) is 5.57 Å². The average Bonchev–Trinajstić information content (AvgIpc) is 2.27. The first-order valence-corrected chi connectivity index (χ1v) is 5.77. The van der Waals surface area contributed by atoms with E-state index in [1.54, 1.807) is 0 Å². The first kappa shape index (κ1) is 11.2. The molecule has 0 fully saturated rings. The van der Waals surface area contributed by atoms with Crippen LogP contribution in [-0.2, 0) is 9.59 Å². The maximum absolute atomic E-state index is 11.2. The number of hydrogen-bond donors (Lipinski definition) is 2. The van der Waals surface area contributed by atoms with Crippen LogP contribution in [0.25, 0.3) is 0 Å². The van der Waals surface area contributed by atoms with Crippen LogP contribution in [0.5, 0.6) is 0 Å². The molecule has 2 aliphatic carbocycles. The highest BCUT2D eigenvalue weighted by atomic mass is 16.4. The maximum Gasteiger partial charge on any atom is 0.311 e. The number of aliphatic carboxylic acids is 2. The van der Waals surface area contributed by atoms with Crippen LogP contribution in [0.3, 0.4) is 0 Å². The van der Waals surface area contributed by atoms with Crippen molar-refractivity contribution in [1.82, 2.24) is 0 Å². The van der Waals surface area contributed by atoms with Gasteiger partial charge in [0.15, 0.2) is 0 Å². The zero-order valence-electron chi connectivity index (χ0n) is 9.11. The fourth-order valence-electron chi connectivity index (χ4n) is 2.98. The molecule has 2 N–H and O–H groups in total. The van der Waals surface area contributed by atoms with Crippen LogP contribution in [0.1, 0.15) is 38.5 Å². The molecule has 0 spiro atoms. The molecule has 2 atom stereocenters. The first-order chi connectivity index (χ1) is 7.61. The summed E-state index contributed by atoms with van der Waals surface area (Å²) < 4.78 is 0. The van der Waals surface area contributed by atoms with Crippen molar-refractivity contribution in [2.75, 3.05) is 0 Å². The lowest BCUT2D eigenvalue weighted by molar-refractivity contribution is -0.153. The Balaban J connectivity index is 2.34. The summed E-state index contributed by atoms with van der Waals surface area (Å²) in [5.74, 6) is -3.44. The van der Waals surface area contributed by atoms with E-state index in [0.717, 1.165) is 37.7 Å². The molecule has 0 aliphatic heterocycles. The summed E-state index contributed by atoms with van der Waals surface area (Å²) in [7, 11) is 0. The van der Waals surface area contributed by atoms with Crippen molar-refractivity contribution in [3.05, 3.63) is 11.1 Å². The van der Waals surface area contributed by atoms with Gasteiger partial charge in [-0.15, -0.1) is 0 Å². The predicted octanol–water partition coefficient (Wildman–Crippen LogP) is 2.05. The Labute approximate surface area is 94.0 Å². The minimum Gasteiger partial charge on any atom is -0.481 e. The number of carboxylic acid groups (broad SMARTS) is 2. The van der Waals surface area contributed by atoms with Crippen molar-refractivity contribution in [1.29, 1.82) is 0 Å². The Bertz CT molecular complexity index is 356. The van der Waals surface area contributed by atoms with Crippen molar-refractivity contribution < 1.29 is 19.8 Å². The highest BCUT2D eigenvalue weighted by Gasteiger charge is 2.40. The van der Waals surface area contributed by atoms with Crippen molar-refractivity contribution in [3.8, 4) is 0 Å². The molecule has 0 aromatic carbocycles. The second-order valence-electron chi connectivity index (χ2n) is 4.64. The van der Waals surface area contributed by atoms with Crippen LogP contribution >= 0.6 is 0 Å². The predicted molar refractivity (Wildman–Crippen MR) is 57.0 cm³/mol. The van der Waals surface area contributed by atoms with Crippen LogP contribution in [0.2, 0.25) is 0 Å². The molecule has 0 radical (unpaired) electrons. The molecule has 0 heterocycles. The van der Waals surface area contributed by atoms with Gasteiger partial charge in [-0.25, -0.2) is 0 Å². The Morgan fingerprint density at radius 1 is 1.00 bits per heavy atom. The van der Waals surface area contributed by atoms with Crippen LogP contribution in [0.4, 0.5) is 0 Å². The van der Waals surface area contributed by atoms with Gasteiger partial charge in [-0.1, -0.05) is 11.1 Å². The number of carboxylic acids is 2. The third-order valence-electron chi connectivity index (χ3n) is 3.75. The largest absolute Gasteiger partial charge is 0.481 e. The molecular formula is C12H16O4.